The minimum atomic E-state index is -0.919. The van der Waals surface area contributed by atoms with Crippen LogP contribution in [0.15, 0.2) is 42.5 Å². The summed E-state index contributed by atoms with van der Waals surface area (Å²) in [6.45, 7) is 3.73. The van der Waals surface area contributed by atoms with Crippen LogP contribution in [-0.2, 0) is 22.5 Å². The maximum Gasteiger partial charge on any atom is 0.352 e. The molecule has 0 radical (unpaired) electrons. The molecule has 0 spiro atoms. The quantitative estimate of drug-likeness (QED) is 0.243. The maximum atomic E-state index is 12.6. The second-order valence-electron chi connectivity index (χ2n) is 7.23. The van der Waals surface area contributed by atoms with Crippen molar-refractivity contribution in [3.05, 3.63) is 59.2 Å². The van der Waals surface area contributed by atoms with E-state index in [9.17, 15) is 4.79 Å². The van der Waals surface area contributed by atoms with Gasteiger partial charge in [-0.25, -0.2) is 4.79 Å². The highest BCUT2D eigenvalue weighted by molar-refractivity contribution is 5.77. The number of esters is 1. The summed E-state index contributed by atoms with van der Waals surface area (Å²) in [6.07, 6.45) is 0.432. The summed E-state index contributed by atoms with van der Waals surface area (Å²) in [5, 5.41) is 16.5. The Bertz CT molecular complexity index is 901. The van der Waals surface area contributed by atoms with Crippen LogP contribution in [0.25, 0.3) is 0 Å². The number of hydrogen-bond acceptors (Lipinski definition) is 6. The van der Waals surface area contributed by atoms with Gasteiger partial charge in [0.15, 0.2) is 5.96 Å². The van der Waals surface area contributed by atoms with Crippen molar-refractivity contribution in [2.24, 2.45) is 5.73 Å². The molecule has 1 aliphatic rings. The van der Waals surface area contributed by atoms with Crippen molar-refractivity contribution in [3.8, 4) is 11.5 Å². The molecule has 8 nitrogen and oxygen atoms in total. The minimum Gasteiger partial charge on any atom is -0.494 e. The van der Waals surface area contributed by atoms with E-state index < -0.39 is 12.1 Å². The summed E-state index contributed by atoms with van der Waals surface area (Å²) in [5.41, 5.74) is 8.49. The van der Waals surface area contributed by atoms with Crippen LogP contribution in [0.2, 0.25) is 0 Å². The normalized spacial score (nSPS) is 13.8. The van der Waals surface area contributed by atoms with Gasteiger partial charge >= 0.3 is 5.97 Å². The van der Waals surface area contributed by atoms with E-state index in [-0.39, 0.29) is 19.2 Å². The Morgan fingerprint density at radius 3 is 2.61 bits per heavy atom. The Labute approximate surface area is 182 Å². The molecule has 8 heteroatoms. The lowest BCUT2D eigenvalue weighted by molar-refractivity contribution is -0.151. The van der Waals surface area contributed by atoms with Crippen LogP contribution in [0, 0.1) is 5.41 Å². The number of nitrogens with two attached hydrogens (primary N) is 1. The zero-order valence-electron chi connectivity index (χ0n) is 17.7. The average molecular weight is 428 g/mol. The summed E-state index contributed by atoms with van der Waals surface area (Å²) >= 11 is 0. The van der Waals surface area contributed by atoms with Gasteiger partial charge in [0.25, 0.3) is 0 Å². The number of fused-ring (bicyclic) bond motifs is 1. The van der Waals surface area contributed by atoms with Crippen molar-refractivity contribution >= 4 is 11.9 Å². The molecular formula is C23H29N3O5. The topological polar surface area (TPSA) is 118 Å². The molecule has 0 saturated heterocycles. The number of aliphatic hydroxyl groups is 1. The van der Waals surface area contributed by atoms with Crippen LogP contribution >= 0.6 is 0 Å². The van der Waals surface area contributed by atoms with E-state index in [0.717, 1.165) is 12.0 Å². The van der Waals surface area contributed by atoms with Crippen LogP contribution in [0.4, 0.5) is 0 Å². The van der Waals surface area contributed by atoms with Crippen molar-refractivity contribution in [2.45, 2.75) is 32.4 Å². The highest BCUT2D eigenvalue weighted by Gasteiger charge is 2.25. The average Bonchev–Trinajstić information content (AvgIpc) is 2.78. The third kappa shape index (κ3) is 5.88. The summed E-state index contributed by atoms with van der Waals surface area (Å²) in [4.78, 5) is 14.4. The molecule has 0 aliphatic carbocycles. The molecule has 3 rings (SSSR count). The van der Waals surface area contributed by atoms with E-state index in [4.69, 9.17) is 30.5 Å². The molecule has 1 atom stereocenters. The lowest BCUT2D eigenvalue weighted by Gasteiger charge is -2.29. The fourth-order valence-corrected chi connectivity index (χ4v) is 3.41. The number of nitrogens with one attached hydrogen (secondary N) is 1. The number of aliphatic hydroxyl groups excluding tert-OH is 1. The number of benzene rings is 2. The summed E-state index contributed by atoms with van der Waals surface area (Å²) < 4.78 is 16.8. The second-order valence-corrected chi connectivity index (χ2v) is 7.23. The molecule has 1 heterocycles. The van der Waals surface area contributed by atoms with Crippen LogP contribution < -0.4 is 15.2 Å². The molecule has 31 heavy (non-hydrogen) atoms. The standard InChI is InChI=1S/C23H29N3O5/c1-2-29-22(28)21(17-5-7-19(8-6-17)30-13-3-12-27)31-20-9-4-16-10-11-26(23(24)25)15-18(16)14-20/h4-9,14,21,27H,2-3,10-13,15H2,1H3,(H3,24,25). The number of nitrogens with zero attached hydrogens (tertiary/aromatic N) is 1. The zero-order valence-corrected chi connectivity index (χ0v) is 17.7. The van der Waals surface area contributed by atoms with Crippen molar-refractivity contribution in [3.63, 3.8) is 0 Å². The summed E-state index contributed by atoms with van der Waals surface area (Å²) in [6, 6.07) is 12.8. The third-order valence-electron chi connectivity index (χ3n) is 5.04. The number of guanidine groups is 1. The van der Waals surface area contributed by atoms with E-state index in [0.29, 0.717) is 43.2 Å². The van der Waals surface area contributed by atoms with Crippen LogP contribution in [0.1, 0.15) is 36.1 Å². The molecule has 0 bridgehead atoms. The van der Waals surface area contributed by atoms with Gasteiger partial charge in [-0.15, -0.1) is 0 Å². The fraction of sp³-hybridized carbons (Fsp3) is 0.391. The Balaban J connectivity index is 1.78. The van der Waals surface area contributed by atoms with E-state index in [1.165, 1.54) is 5.56 Å². The van der Waals surface area contributed by atoms with E-state index in [1.807, 2.05) is 18.2 Å². The molecular weight excluding hydrogens is 398 g/mol. The van der Waals surface area contributed by atoms with Gasteiger partial charge in [-0.2, -0.15) is 0 Å². The third-order valence-corrected chi connectivity index (χ3v) is 5.04. The molecule has 166 valence electrons. The van der Waals surface area contributed by atoms with Crippen molar-refractivity contribution in [1.82, 2.24) is 4.90 Å². The number of carbonyl (C=O) groups excluding carboxylic acids is 1. The smallest absolute Gasteiger partial charge is 0.352 e. The summed E-state index contributed by atoms with van der Waals surface area (Å²) in [7, 11) is 0. The van der Waals surface area contributed by atoms with Gasteiger partial charge in [-0.3, -0.25) is 5.41 Å². The molecule has 1 aliphatic heterocycles. The molecule has 4 N–H and O–H groups in total. The van der Waals surface area contributed by atoms with Gasteiger partial charge in [0, 0.05) is 31.7 Å². The van der Waals surface area contributed by atoms with Gasteiger partial charge in [-0.05, 0) is 48.7 Å². The molecule has 0 saturated carbocycles. The molecule has 0 aromatic heterocycles. The molecule has 2 aromatic carbocycles. The summed E-state index contributed by atoms with van der Waals surface area (Å²) in [5.74, 6) is 0.769. The fourth-order valence-electron chi connectivity index (χ4n) is 3.41. The largest absolute Gasteiger partial charge is 0.494 e. The number of hydrogen-bond donors (Lipinski definition) is 3. The van der Waals surface area contributed by atoms with Crippen LogP contribution in [-0.4, -0.2) is 48.3 Å². The Morgan fingerprint density at radius 2 is 1.94 bits per heavy atom. The lowest BCUT2D eigenvalue weighted by Crippen LogP contribution is -2.40. The van der Waals surface area contributed by atoms with Crippen LogP contribution in [0.3, 0.4) is 0 Å². The van der Waals surface area contributed by atoms with E-state index in [2.05, 4.69) is 0 Å². The number of carbonyl (C=O) groups is 1. The van der Waals surface area contributed by atoms with E-state index >= 15 is 0 Å². The van der Waals surface area contributed by atoms with Crippen LogP contribution in [0.5, 0.6) is 11.5 Å². The van der Waals surface area contributed by atoms with Gasteiger partial charge in [0.2, 0.25) is 6.10 Å². The van der Waals surface area contributed by atoms with Crippen molar-refractivity contribution in [2.75, 3.05) is 26.4 Å². The SMILES string of the molecule is CCOC(=O)C(Oc1ccc2c(c1)CN(C(=N)N)CC2)c1ccc(OCCCO)cc1. The van der Waals surface area contributed by atoms with Crippen molar-refractivity contribution in [1.29, 1.82) is 5.41 Å². The maximum absolute atomic E-state index is 12.6. The Kier molecular flexibility index (Phi) is 7.72. The lowest BCUT2D eigenvalue weighted by atomic mass is 9.99. The predicted molar refractivity (Wildman–Crippen MR) is 116 cm³/mol. The molecule has 2 aromatic rings. The Hall–Kier alpha value is -3.26. The first-order valence-electron chi connectivity index (χ1n) is 10.4. The first-order chi connectivity index (χ1) is 15.0. The second kappa shape index (κ2) is 10.7. The van der Waals surface area contributed by atoms with Gasteiger partial charge in [-0.1, -0.05) is 18.2 Å². The number of rotatable bonds is 9. The first-order valence-corrected chi connectivity index (χ1v) is 10.4. The van der Waals surface area contributed by atoms with Crippen molar-refractivity contribution < 1.29 is 24.1 Å². The minimum absolute atomic E-state index is 0.0441. The molecule has 0 amide bonds. The Morgan fingerprint density at radius 1 is 1.19 bits per heavy atom. The highest BCUT2D eigenvalue weighted by atomic mass is 16.6. The predicted octanol–water partition coefficient (Wildman–Crippen LogP) is 2.38. The first kappa shape index (κ1) is 22.4. The van der Waals surface area contributed by atoms with Gasteiger partial charge in [0.05, 0.1) is 13.2 Å². The van der Waals surface area contributed by atoms with E-state index in [1.54, 1.807) is 36.1 Å². The zero-order chi connectivity index (χ0) is 22.2. The van der Waals surface area contributed by atoms with Gasteiger partial charge < -0.3 is 30.0 Å². The monoisotopic (exact) mass is 427 g/mol. The molecule has 1 unspecified atom stereocenters. The molecule has 0 fully saturated rings. The number of ether oxygens (including phenoxy) is 3. The highest BCUT2D eigenvalue weighted by Crippen LogP contribution is 2.29. The van der Waals surface area contributed by atoms with Gasteiger partial charge in [0.1, 0.15) is 11.5 Å².